The summed E-state index contributed by atoms with van der Waals surface area (Å²) in [5.41, 5.74) is 1.85. The van der Waals surface area contributed by atoms with Crippen molar-refractivity contribution in [1.29, 1.82) is 0 Å². The van der Waals surface area contributed by atoms with E-state index in [1.54, 1.807) is 38.5 Å². The van der Waals surface area contributed by atoms with Crippen LogP contribution in [0, 0.1) is 0 Å². The SMILES string of the molecule is COCc1nnc(C(=O)Nc2cccc(C(=O)NCc3cccc(OC)c3)c2)s1. The number of amides is 2. The van der Waals surface area contributed by atoms with Gasteiger partial charge in [0.2, 0.25) is 5.01 Å². The molecule has 0 bridgehead atoms. The average molecular weight is 412 g/mol. The Hall–Kier alpha value is -3.30. The number of carbonyl (C=O) groups excluding carboxylic acids is 2. The molecule has 0 aliphatic carbocycles. The van der Waals surface area contributed by atoms with Crippen molar-refractivity contribution in [2.45, 2.75) is 13.2 Å². The average Bonchev–Trinajstić information content (AvgIpc) is 3.21. The van der Waals surface area contributed by atoms with Gasteiger partial charge in [0.05, 0.1) is 13.7 Å². The second-order valence-corrected chi connectivity index (χ2v) is 7.07. The molecular formula is C20H20N4O4S. The fraction of sp³-hybridized carbons (Fsp3) is 0.200. The zero-order valence-electron chi connectivity index (χ0n) is 16.0. The van der Waals surface area contributed by atoms with E-state index in [0.29, 0.717) is 29.4 Å². The van der Waals surface area contributed by atoms with Gasteiger partial charge in [-0.1, -0.05) is 29.5 Å². The summed E-state index contributed by atoms with van der Waals surface area (Å²) >= 11 is 1.16. The van der Waals surface area contributed by atoms with E-state index in [2.05, 4.69) is 20.8 Å². The summed E-state index contributed by atoms with van der Waals surface area (Å²) in [5.74, 6) is 0.0906. The van der Waals surface area contributed by atoms with E-state index in [4.69, 9.17) is 9.47 Å². The van der Waals surface area contributed by atoms with Crippen LogP contribution in [0.15, 0.2) is 48.5 Å². The summed E-state index contributed by atoms with van der Waals surface area (Å²) in [6, 6.07) is 14.2. The minimum atomic E-state index is -0.390. The number of methoxy groups -OCH3 is 2. The first kappa shape index (κ1) is 20.4. The van der Waals surface area contributed by atoms with Gasteiger partial charge in [-0.25, -0.2) is 0 Å². The third-order valence-corrected chi connectivity index (χ3v) is 4.79. The fourth-order valence-electron chi connectivity index (χ4n) is 2.52. The third kappa shape index (κ3) is 5.59. The van der Waals surface area contributed by atoms with Crippen LogP contribution < -0.4 is 15.4 Å². The first-order valence-corrected chi connectivity index (χ1v) is 9.54. The lowest BCUT2D eigenvalue weighted by molar-refractivity contribution is 0.0949. The summed E-state index contributed by atoms with van der Waals surface area (Å²) < 4.78 is 10.2. The van der Waals surface area contributed by atoms with Gasteiger partial charge in [-0.3, -0.25) is 9.59 Å². The number of ether oxygens (including phenoxy) is 2. The van der Waals surface area contributed by atoms with E-state index in [9.17, 15) is 9.59 Å². The summed E-state index contributed by atoms with van der Waals surface area (Å²) in [6.45, 7) is 0.660. The molecule has 3 rings (SSSR count). The molecule has 9 heteroatoms. The van der Waals surface area contributed by atoms with Gasteiger partial charge >= 0.3 is 0 Å². The summed E-state index contributed by atoms with van der Waals surface area (Å²) in [4.78, 5) is 24.8. The number of anilines is 1. The number of hydrogen-bond donors (Lipinski definition) is 2. The lowest BCUT2D eigenvalue weighted by Crippen LogP contribution is -2.23. The molecule has 0 aliphatic rings. The second kappa shape index (κ2) is 9.76. The van der Waals surface area contributed by atoms with E-state index >= 15 is 0 Å². The molecule has 3 aromatic rings. The van der Waals surface area contributed by atoms with Gasteiger partial charge in [0, 0.05) is 24.9 Å². The van der Waals surface area contributed by atoms with E-state index in [1.165, 1.54) is 0 Å². The molecule has 1 aromatic heterocycles. The molecule has 0 saturated heterocycles. The predicted octanol–water partition coefficient (Wildman–Crippen LogP) is 2.88. The number of aromatic nitrogens is 2. The monoisotopic (exact) mass is 412 g/mol. The Balaban J connectivity index is 1.61. The van der Waals surface area contributed by atoms with Crippen molar-refractivity contribution in [2.75, 3.05) is 19.5 Å². The number of nitrogens with zero attached hydrogens (tertiary/aromatic N) is 2. The number of hydrogen-bond acceptors (Lipinski definition) is 7. The van der Waals surface area contributed by atoms with Crippen LogP contribution in [0.3, 0.4) is 0 Å². The highest BCUT2D eigenvalue weighted by Crippen LogP contribution is 2.16. The molecule has 2 aromatic carbocycles. The lowest BCUT2D eigenvalue weighted by atomic mass is 10.1. The van der Waals surface area contributed by atoms with Crippen molar-refractivity contribution in [3.05, 3.63) is 69.7 Å². The normalized spacial score (nSPS) is 10.4. The Morgan fingerprint density at radius 3 is 2.66 bits per heavy atom. The highest BCUT2D eigenvalue weighted by molar-refractivity contribution is 7.13. The number of rotatable bonds is 8. The van der Waals surface area contributed by atoms with E-state index in [1.807, 2.05) is 24.3 Å². The van der Waals surface area contributed by atoms with Crippen molar-refractivity contribution in [3.63, 3.8) is 0 Å². The smallest absolute Gasteiger partial charge is 0.286 e. The van der Waals surface area contributed by atoms with Gasteiger partial charge in [0.15, 0.2) is 0 Å². The van der Waals surface area contributed by atoms with E-state index in [0.717, 1.165) is 22.6 Å². The Labute approximate surface area is 171 Å². The summed E-state index contributed by atoms with van der Waals surface area (Å²) in [6.07, 6.45) is 0. The fourth-order valence-corrected chi connectivity index (χ4v) is 3.22. The second-order valence-electron chi connectivity index (χ2n) is 6.00. The van der Waals surface area contributed by atoms with Crippen LogP contribution in [0.25, 0.3) is 0 Å². The van der Waals surface area contributed by atoms with Crippen LogP contribution in [0.5, 0.6) is 5.75 Å². The Morgan fingerprint density at radius 2 is 1.86 bits per heavy atom. The molecule has 0 spiro atoms. The standard InChI is InChI=1S/C20H20N4O4S/c1-27-12-17-23-24-20(29-17)19(26)22-15-7-4-6-14(10-15)18(25)21-11-13-5-3-8-16(9-13)28-2/h3-10H,11-12H2,1-2H3,(H,21,25)(H,22,26). The van der Waals surface area contributed by atoms with Gasteiger partial charge in [-0.2, -0.15) is 0 Å². The number of carbonyl (C=O) groups is 2. The first-order valence-electron chi connectivity index (χ1n) is 8.73. The molecule has 2 N–H and O–H groups in total. The molecule has 0 saturated carbocycles. The minimum absolute atomic E-state index is 0.227. The van der Waals surface area contributed by atoms with Gasteiger partial charge in [-0.05, 0) is 35.9 Å². The summed E-state index contributed by atoms with van der Waals surface area (Å²) in [7, 11) is 3.14. The first-order chi connectivity index (χ1) is 14.1. The molecule has 0 unspecified atom stereocenters. The molecule has 0 fully saturated rings. The molecule has 8 nitrogen and oxygen atoms in total. The molecule has 2 amide bonds. The molecule has 0 aliphatic heterocycles. The van der Waals surface area contributed by atoms with Gasteiger partial charge in [0.1, 0.15) is 10.8 Å². The van der Waals surface area contributed by atoms with E-state index < -0.39 is 5.91 Å². The number of benzene rings is 2. The minimum Gasteiger partial charge on any atom is -0.497 e. The zero-order valence-corrected chi connectivity index (χ0v) is 16.8. The van der Waals surface area contributed by atoms with Crippen LogP contribution in [-0.4, -0.2) is 36.2 Å². The van der Waals surface area contributed by atoms with Crippen LogP contribution in [0.1, 0.15) is 30.7 Å². The highest BCUT2D eigenvalue weighted by Gasteiger charge is 2.14. The molecule has 0 radical (unpaired) electrons. The van der Waals surface area contributed by atoms with Crippen LogP contribution in [0.4, 0.5) is 5.69 Å². The Morgan fingerprint density at radius 1 is 1.03 bits per heavy atom. The van der Waals surface area contributed by atoms with Crippen molar-refractivity contribution < 1.29 is 19.1 Å². The lowest BCUT2D eigenvalue weighted by Gasteiger charge is -2.08. The quantitative estimate of drug-likeness (QED) is 0.590. The van der Waals surface area contributed by atoms with Crippen LogP contribution in [-0.2, 0) is 17.9 Å². The maximum atomic E-state index is 12.5. The maximum Gasteiger partial charge on any atom is 0.286 e. The Bertz CT molecular complexity index is 1010. The molecule has 0 atom stereocenters. The van der Waals surface area contributed by atoms with Crippen LogP contribution >= 0.6 is 11.3 Å². The highest BCUT2D eigenvalue weighted by atomic mass is 32.1. The van der Waals surface area contributed by atoms with Gasteiger partial charge in [0.25, 0.3) is 11.8 Å². The molecule has 150 valence electrons. The Kier molecular flexibility index (Phi) is 6.88. The third-order valence-electron chi connectivity index (χ3n) is 3.90. The van der Waals surface area contributed by atoms with Crippen molar-refractivity contribution in [3.8, 4) is 5.75 Å². The predicted molar refractivity (Wildman–Crippen MR) is 109 cm³/mol. The molecule has 29 heavy (non-hydrogen) atoms. The topological polar surface area (TPSA) is 102 Å². The van der Waals surface area contributed by atoms with Gasteiger partial charge < -0.3 is 20.1 Å². The summed E-state index contributed by atoms with van der Waals surface area (Å²) in [5, 5.41) is 14.2. The van der Waals surface area contributed by atoms with Crippen LogP contribution in [0.2, 0.25) is 0 Å². The van der Waals surface area contributed by atoms with Crippen molar-refractivity contribution >= 4 is 28.8 Å². The zero-order chi connectivity index (χ0) is 20.6. The molecular weight excluding hydrogens is 392 g/mol. The largest absolute Gasteiger partial charge is 0.497 e. The van der Waals surface area contributed by atoms with Gasteiger partial charge in [-0.15, -0.1) is 10.2 Å². The van der Waals surface area contributed by atoms with Crippen molar-refractivity contribution in [2.24, 2.45) is 0 Å². The van der Waals surface area contributed by atoms with E-state index in [-0.39, 0.29) is 10.9 Å². The maximum absolute atomic E-state index is 12.5. The van der Waals surface area contributed by atoms with Crippen molar-refractivity contribution in [1.82, 2.24) is 15.5 Å². The number of nitrogens with one attached hydrogen (secondary N) is 2. The molecule has 1 heterocycles.